The highest BCUT2D eigenvalue weighted by Crippen LogP contribution is 2.51. The molecule has 0 saturated heterocycles. The summed E-state index contributed by atoms with van der Waals surface area (Å²) in [4.78, 5) is 0.197. The molecule has 0 radical (unpaired) electrons. The number of hydrogen-bond donors (Lipinski definition) is 0. The van der Waals surface area contributed by atoms with Crippen LogP contribution in [0.2, 0.25) is 0 Å². The lowest BCUT2D eigenvalue weighted by Crippen LogP contribution is -2.55. The van der Waals surface area contributed by atoms with Crippen molar-refractivity contribution in [1.29, 1.82) is 0 Å². The van der Waals surface area contributed by atoms with Crippen molar-refractivity contribution in [2.75, 3.05) is 6.61 Å². The van der Waals surface area contributed by atoms with Crippen LogP contribution in [0, 0.1) is 0 Å². The van der Waals surface area contributed by atoms with E-state index in [9.17, 15) is 8.76 Å². The predicted octanol–water partition coefficient (Wildman–Crippen LogP) is 6.28. The molecule has 0 atom stereocenters. The molecule has 33 heavy (non-hydrogen) atoms. The molecule has 174 valence electrons. The Balaban J connectivity index is 2.16. The van der Waals surface area contributed by atoms with E-state index in [-0.39, 0.29) is 5.76 Å². The van der Waals surface area contributed by atoms with Crippen LogP contribution in [0.3, 0.4) is 0 Å². The zero-order valence-corrected chi connectivity index (χ0v) is 19.6. The lowest BCUT2D eigenvalue weighted by molar-refractivity contribution is -0.00584. The topological polar surface area (TPSA) is 58.6 Å². The van der Waals surface area contributed by atoms with Gasteiger partial charge >= 0.3 is 5.25 Å². The highest BCUT2D eigenvalue weighted by atomic mass is 32.4. The summed E-state index contributed by atoms with van der Waals surface area (Å²) in [6.45, 7) is 7.11. The van der Waals surface area contributed by atoms with E-state index in [4.69, 9.17) is 8.37 Å². The van der Waals surface area contributed by atoms with Crippen LogP contribution in [0.15, 0.2) is 130 Å². The molecule has 3 aromatic rings. The van der Waals surface area contributed by atoms with E-state index < -0.39 is 37.6 Å². The largest absolute Gasteiger partial charge is 0.758 e. The summed E-state index contributed by atoms with van der Waals surface area (Å²) in [6, 6.07) is 23.2. The van der Waals surface area contributed by atoms with Gasteiger partial charge < -0.3 is 9.29 Å². The highest BCUT2D eigenvalue weighted by Gasteiger charge is 2.60. The average Bonchev–Trinajstić information content (AvgIpc) is 2.82. The lowest BCUT2D eigenvalue weighted by Gasteiger charge is -2.48. The zero-order valence-electron chi connectivity index (χ0n) is 18.0. The summed E-state index contributed by atoms with van der Waals surface area (Å²) >= 11 is -1.68. The SMILES string of the molecule is C=C(C)C(=C)OCC(F)(F)S(=O)([O-])(O[S+](c1ccccc1)c1ccccc1)c1ccccc1. The Labute approximate surface area is 195 Å². The first kappa shape index (κ1) is 24.9. The lowest BCUT2D eigenvalue weighted by atomic mass is 10.3. The minimum Gasteiger partial charge on any atom is -0.758 e. The van der Waals surface area contributed by atoms with Gasteiger partial charge in [0.1, 0.15) is 5.76 Å². The molecular weight excluding hydrogens is 466 g/mol. The van der Waals surface area contributed by atoms with Crippen molar-refractivity contribution in [3.8, 4) is 0 Å². The molecule has 0 unspecified atom stereocenters. The van der Waals surface area contributed by atoms with Crippen LogP contribution in [-0.4, -0.2) is 20.6 Å². The van der Waals surface area contributed by atoms with Gasteiger partial charge in [0.2, 0.25) is 11.2 Å². The molecule has 0 aromatic heterocycles. The molecule has 0 N–H and O–H groups in total. The number of allylic oxidation sites excluding steroid dienone is 1. The van der Waals surface area contributed by atoms with Crippen molar-refractivity contribution in [3.05, 3.63) is 115 Å². The van der Waals surface area contributed by atoms with E-state index in [1.165, 1.54) is 25.1 Å². The fourth-order valence-electron chi connectivity index (χ4n) is 2.74. The fourth-order valence-corrected chi connectivity index (χ4v) is 7.38. The summed E-state index contributed by atoms with van der Waals surface area (Å²) in [5.41, 5.74) is 0.300. The molecule has 3 aromatic carbocycles. The average molecular weight is 491 g/mol. The maximum atomic E-state index is 15.7. The quantitative estimate of drug-likeness (QED) is 0.191. The third-order valence-corrected chi connectivity index (χ3v) is 9.83. The van der Waals surface area contributed by atoms with Crippen LogP contribution in [0.25, 0.3) is 0 Å². The van der Waals surface area contributed by atoms with Crippen molar-refractivity contribution in [3.63, 3.8) is 0 Å². The molecule has 0 spiro atoms. The third kappa shape index (κ3) is 5.09. The van der Waals surface area contributed by atoms with Crippen molar-refractivity contribution < 1.29 is 25.9 Å². The van der Waals surface area contributed by atoms with Gasteiger partial charge in [-0.2, -0.15) is 8.78 Å². The Bertz CT molecular complexity index is 1150. The number of sulfone groups is 1. The van der Waals surface area contributed by atoms with E-state index in [1.807, 2.05) is 0 Å². The van der Waals surface area contributed by atoms with Crippen molar-refractivity contribution in [2.45, 2.75) is 26.9 Å². The second kappa shape index (κ2) is 9.61. The number of hydrogen-bond acceptors (Lipinski definition) is 4. The second-order valence-electron chi connectivity index (χ2n) is 7.21. The van der Waals surface area contributed by atoms with Crippen molar-refractivity contribution in [1.82, 2.24) is 0 Å². The van der Waals surface area contributed by atoms with Gasteiger partial charge in [-0.25, -0.2) is 0 Å². The Kier molecular flexibility index (Phi) is 7.23. The monoisotopic (exact) mass is 490 g/mol. The molecule has 8 heteroatoms. The molecule has 0 aliphatic heterocycles. The van der Waals surface area contributed by atoms with Gasteiger partial charge in [-0.15, -0.1) is 0 Å². The maximum Gasteiger partial charge on any atom is 0.352 e. The number of rotatable bonds is 10. The minimum absolute atomic E-state index is 0.137. The van der Waals surface area contributed by atoms with E-state index in [0.29, 0.717) is 15.4 Å². The number of ether oxygens (including phenoxy) is 1. The minimum atomic E-state index is -6.58. The maximum absolute atomic E-state index is 15.7. The Morgan fingerprint density at radius 3 is 1.76 bits per heavy atom. The number of alkyl halides is 2. The van der Waals surface area contributed by atoms with E-state index in [2.05, 4.69) is 13.2 Å². The van der Waals surface area contributed by atoms with Gasteiger partial charge in [0.05, 0.1) is 9.63 Å². The standard InChI is InChI=1S/C25H24F2O4S2/c1-20(2)21(3)30-19-25(26,27)33(28,29,24-17-11-6-12-18-24)31-32(22-13-7-4-8-14-22)23-15-9-5-10-16-23/h4-18H,1,3,19H2,2H3. The van der Waals surface area contributed by atoms with Gasteiger partial charge in [-0.1, -0.05) is 71.4 Å². The zero-order chi connectivity index (χ0) is 24.1. The molecule has 0 fully saturated rings. The summed E-state index contributed by atoms with van der Waals surface area (Å²) in [7, 11) is -6.58. The molecule has 0 bridgehead atoms. The summed E-state index contributed by atoms with van der Waals surface area (Å²) in [6.07, 6.45) is 0. The van der Waals surface area contributed by atoms with Gasteiger partial charge in [-0.3, -0.25) is 4.21 Å². The normalized spacial score (nSPS) is 13.2. The van der Waals surface area contributed by atoms with Crippen LogP contribution in [0.5, 0.6) is 0 Å². The van der Waals surface area contributed by atoms with Crippen LogP contribution < -0.4 is 0 Å². The Morgan fingerprint density at radius 1 is 0.909 bits per heavy atom. The van der Waals surface area contributed by atoms with Crippen LogP contribution in [0.4, 0.5) is 8.78 Å². The van der Waals surface area contributed by atoms with E-state index >= 15 is 8.78 Å². The first-order valence-corrected chi connectivity index (χ1v) is 12.9. The molecule has 4 nitrogen and oxygen atoms in total. The van der Waals surface area contributed by atoms with Crippen LogP contribution >= 0.6 is 0 Å². The molecule has 0 saturated carbocycles. The highest BCUT2D eigenvalue weighted by molar-refractivity contribution is 8.18. The Hall–Kier alpha value is -2.78. The Morgan fingerprint density at radius 2 is 1.33 bits per heavy atom. The summed E-state index contributed by atoms with van der Waals surface area (Å²) in [5, 5.41) is -4.44. The molecule has 0 aliphatic rings. The predicted molar refractivity (Wildman–Crippen MR) is 126 cm³/mol. The molecule has 3 rings (SSSR count). The van der Waals surface area contributed by atoms with Gasteiger partial charge in [0, 0.05) is 4.90 Å². The van der Waals surface area contributed by atoms with Gasteiger partial charge in [-0.05, 0) is 48.9 Å². The summed E-state index contributed by atoms with van der Waals surface area (Å²) in [5.74, 6) is -0.137. The van der Waals surface area contributed by atoms with E-state index in [1.54, 1.807) is 60.7 Å². The molecule has 0 amide bonds. The van der Waals surface area contributed by atoms with Gasteiger partial charge in [0.15, 0.2) is 16.4 Å². The van der Waals surface area contributed by atoms with Gasteiger partial charge in [0.25, 0.3) is 0 Å². The first-order chi connectivity index (χ1) is 15.5. The first-order valence-electron chi connectivity index (χ1n) is 9.90. The van der Waals surface area contributed by atoms with Crippen molar-refractivity contribution in [2.24, 2.45) is 0 Å². The van der Waals surface area contributed by atoms with E-state index in [0.717, 1.165) is 12.1 Å². The number of halogens is 2. The number of benzene rings is 3. The van der Waals surface area contributed by atoms with Crippen molar-refractivity contribution >= 4 is 20.8 Å². The third-order valence-electron chi connectivity index (χ3n) is 4.66. The second-order valence-corrected chi connectivity index (χ2v) is 11.9. The molecular formula is C25H24F2O4S2. The summed E-state index contributed by atoms with van der Waals surface area (Å²) < 4.78 is 70.1. The fraction of sp³-hybridized carbons (Fsp3) is 0.120. The molecule has 0 heterocycles. The smallest absolute Gasteiger partial charge is 0.352 e. The van der Waals surface area contributed by atoms with Crippen LogP contribution in [0.1, 0.15) is 6.92 Å². The molecule has 0 aliphatic carbocycles. The van der Waals surface area contributed by atoms with Crippen LogP contribution in [-0.2, 0) is 29.2 Å².